The van der Waals surface area contributed by atoms with Gasteiger partial charge in [0.05, 0.1) is 11.7 Å². The number of ether oxygens (including phenoxy) is 1. The molecule has 5 rings (SSSR count). The van der Waals surface area contributed by atoms with E-state index < -0.39 is 11.3 Å². The molecule has 3 N–H and O–H groups in total. The van der Waals surface area contributed by atoms with Crippen molar-refractivity contribution in [2.24, 2.45) is 0 Å². The molecule has 11 nitrogen and oxygen atoms in total. The van der Waals surface area contributed by atoms with Crippen LogP contribution in [0.5, 0.6) is 0 Å². The number of anilines is 1. The maximum Gasteiger partial charge on any atom is 0.407 e. The zero-order valence-corrected chi connectivity index (χ0v) is 25.1. The molecule has 0 bridgehead atoms. The normalized spacial score (nSPS) is 18.2. The number of rotatable bonds is 6. The van der Waals surface area contributed by atoms with E-state index in [9.17, 15) is 14.4 Å². The molecule has 11 heteroatoms. The lowest BCUT2D eigenvalue weighted by Gasteiger charge is -2.33. The Morgan fingerprint density at radius 1 is 1.00 bits per heavy atom. The Hall–Kier alpha value is -4.22. The minimum atomic E-state index is -0.506. The van der Waals surface area contributed by atoms with Crippen LogP contribution < -0.4 is 21.6 Å². The van der Waals surface area contributed by atoms with Crippen LogP contribution in [0.2, 0.25) is 0 Å². The lowest BCUT2D eigenvalue weighted by Crippen LogP contribution is -2.49. The number of aromatic nitrogens is 2. The maximum absolute atomic E-state index is 12.9. The Morgan fingerprint density at radius 3 is 2.40 bits per heavy atom. The Morgan fingerprint density at radius 2 is 1.72 bits per heavy atom. The summed E-state index contributed by atoms with van der Waals surface area (Å²) in [6, 6.07) is 19.4. The Balaban J connectivity index is 1.11. The number of hydrogen-bond donors (Lipinski definition) is 3. The van der Waals surface area contributed by atoms with Crippen LogP contribution in [0, 0.1) is 0 Å². The molecule has 0 aliphatic carbocycles. The largest absolute Gasteiger partial charge is 0.444 e. The zero-order valence-electron chi connectivity index (χ0n) is 25.1. The summed E-state index contributed by atoms with van der Waals surface area (Å²) in [5, 5.41) is 9.20. The molecule has 3 aromatic rings. The fourth-order valence-corrected chi connectivity index (χ4v) is 5.43. The number of urea groups is 1. The van der Waals surface area contributed by atoms with Crippen LogP contribution in [-0.4, -0.2) is 75.8 Å². The molecule has 2 saturated heterocycles. The molecule has 2 aliphatic heterocycles. The van der Waals surface area contributed by atoms with Crippen LogP contribution in [0.25, 0.3) is 5.69 Å². The standard InChI is InChI=1S/C32H41N7O4/c1-32(2,3)43-31(42)34-25-13-17-37(18-14-25)21-23-9-11-26(12-10-23)39-19-15-28(36-30(39)41)35-29(40)38-20-16-33-27(22-38)24-7-5-4-6-8-24/h4-12,15,19,25,27,33H,13-14,16-18,20-22H2,1-3H3,(H,34,42)(H,35,36,40,41). The van der Waals surface area contributed by atoms with Crippen molar-refractivity contribution >= 4 is 17.9 Å². The van der Waals surface area contributed by atoms with Gasteiger partial charge in [-0.3, -0.25) is 14.8 Å². The van der Waals surface area contributed by atoms with Crippen molar-refractivity contribution in [3.63, 3.8) is 0 Å². The number of piperazine rings is 1. The number of piperidine rings is 1. The van der Waals surface area contributed by atoms with Crippen LogP contribution in [0.3, 0.4) is 0 Å². The minimum Gasteiger partial charge on any atom is -0.444 e. The number of amides is 3. The summed E-state index contributed by atoms with van der Waals surface area (Å²) in [7, 11) is 0. The van der Waals surface area contributed by atoms with Crippen molar-refractivity contribution in [1.29, 1.82) is 0 Å². The highest BCUT2D eigenvalue weighted by atomic mass is 16.6. The second kappa shape index (κ2) is 13.4. The lowest BCUT2D eigenvalue weighted by molar-refractivity contribution is 0.0477. The second-order valence-electron chi connectivity index (χ2n) is 12.1. The molecule has 1 unspecified atom stereocenters. The average Bonchev–Trinajstić information content (AvgIpc) is 2.98. The van der Waals surface area contributed by atoms with Crippen LogP contribution in [0.1, 0.15) is 50.8 Å². The average molecular weight is 588 g/mol. The van der Waals surface area contributed by atoms with Crippen LogP contribution in [0.4, 0.5) is 15.4 Å². The number of benzene rings is 2. The van der Waals surface area contributed by atoms with E-state index in [-0.39, 0.29) is 30.0 Å². The molecule has 1 aromatic heterocycles. The molecule has 2 fully saturated rings. The first-order valence-electron chi connectivity index (χ1n) is 14.9. The van der Waals surface area contributed by atoms with E-state index in [1.54, 1.807) is 17.2 Å². The van der Waals surface area contributed by atoms with E-state index in [0.29, 0.717) is 25.3 Å². The van der Waals surface area contributed by atoms with Gasteiger partial charge >= 0.3 is 17.8 Å². The molecular weight excluding hydrogens is 546 g/mol. The van der Waals surface area contributed by atoms with Gasteiger partial charge in [-0.25, -0.2) is 14.4 Å². The van der Waals surface area contributed by atoms with Crippen LogP contribution >= 0.6 is 0 Å². The van der Waals surface area contributed by atoms with Gasteiger partial charge in [0.1, 0.15) is 11.4 Å². The molecule has 2 aromatic carbocycles. The van der Waals surface area contributed by atoms with E-state index in [2.05, 4.69) is 25.8 Å². The van der Waals surface area contributed by atoms with Gasteiger partial charge in [-0.15, -0.1) is 0 Å². The molecule has 0 saturated carbocycles. The third-order valence-electron chi connectivity index (χ3n) is 7.63. The van der Waals surface area contributed by atoms with E-state index in [4.69, 9.17) is 4.74 Å². The predicted molar refractivity (Wildman–Crippen MR) is 165 cm³/mol. The Bertz CT molecular complexity index is 1450. The smallest absolute Gasteiger partial charge is 0.407 e. The lowest BCUT2D eigenvalue weighted by atomic mass is 10.0. The third-order valence-corrected chi connectivity index (χ3v) is 7.63. The first kappa shape index (κ1) is 30.2. The van der Waals surface area contributed by atoms with Gasteiger partial charge in [0.25, 0.3) is 0 Å². The molecule has 3 heterocycles. The summed E-state index contributed by atoms with van der Waals surface area (Å²) in [6.07, 6.45) is 3.00. The zero-order chi connectivity index (χ0) is 30.4. The molecule has 1 atom stereocenters. The SMILES string of the molecule is CC(C)(C)OC(=O)NC1CCN(Cc2ccc(-n3ccc(NC(=O)N4CCNC(c5ccccc5)C4)nc3=O)cc2)CC1. The summed E-state index contributed by atoms with van der Waals surface area (Å²) in [5.41, 5.74) is 2.00. The minimum absolute atomic E-state index is 0.0534. The van der Waals surface area contributed by atoms with Gasteiger partial charge in [-0.2, -0.15) is 4.98 Å². The van der Waals surface area contributed by atoms with Gasteiger partial charge in [0, 0.05) is 51.5 Å². The summed E-state index contributed by atoms with van der Waals surface area (Å²) in [6.45, 7) is 9.89. The quantitative estimate of drug-likeness (QED) is 0.400. The number of carbonyl (C=O) groups is 2. The highest BCUT2D eigenvalue weighted by molar-refractivity contribution is 5.88. The molecule has 228 valence electrons. The van der Waals surface area contributed by atoms with Crippen molar-refractivity contribution in [2.75, 3.05) is 38.0 Å². The summed E-state index contributed by atoms with van der Waals surface area (Å²) < 4.78 is 6.83. The fraction of sp³-hybridized carbons (Fsp3) is 0.438. The second-order valence-corrected chi connectivity index (χ2v) is 12.1. The van der Waals surface area contributed by atoms with E-state index in [0.717, 1.165) is 43.6 Å². The first-order chi connectivity index (χ1) is 20.6. The molecule has 0 radical (unpaired) electrons. The topological polar surface area (TPSA) is 121 Å². The van der Waals surface area contributed by atoms with Crippen molar-refractivity contribution in [3.8, 4) is 5.69 Å². The number of nitrogens with zero attached hydrogens (tertiary/aromatic N) is 4. The fourth-order valence-electron chi connectivity index (χ4n) is 5.43. The third kappa shape index (κ3) is 8.42. The summed E-state index contributed by atoms with van der Waals surface area (Å²) in [5.74, 6) is 0.224. The van der Waals surface area contributed by atoms with Crippen molar-refractivity contribution in [1.82, 2.24) is 30.0 Å². The molecule has 3 amide bonds. The number of likely N-dealkylation sites (tertiary alicyclic amines) is 1. The number of hydrogen-bond acceptors (Lipinski definition) is 7. The maximum atomic E-state index is 12.9. The van der Waals surface area contributed by atoms with Crippen molar-refractivity contribution < 1.29 is 14.3 Å². The molecule has 43 heavy (non-hydrogen) atoms. The van der Waals surface area contributed by atoms with E-state index in [1.165, 1.54) is 4.57 Å². The number of alkyl carbamates (subject to hydrolysis) is 1. The summed E-state index contributed by atoms with van der Waals surface area (Å²) in [4.78, 5) is 46.1. The highest BCUT2D eigenvalue weighted by Gasteiger charge is 2.25. The van der Waals surface area contributed by atoms with Gasteiger partial charge in [-0.05, 0) is 62.9 Å². The van der Waals surface area contributed by atoms with Crippen LogP contribution in [-0.2, 0) is 11.3 Å². The Kier molecular flexibility index (Phi) is 9.42. The first-order valence-corrected chi connectivity index (χ1v) is 14.9. The van der Waals surface area contributed by atoms with Gasteiger partial charge in [-0.1, -0.05) is 42.5 Å². The Labute approximate surface area is 252 Å². The van der Waals surface area contributed by atoms with Gasteiger partial charge in [0.2, 0.25) is 0 Å². The van der Waals surface area contributed by atoms with Crippen molar-refractivity contribution in [2.45, 2.75) is 57.8 Å². The van der Waals surface area contributed by atoms with Gasteiger partial charge < -0.3 is 20.3 Å². The van der Waals surface area contributed by atoms with Crippen molar-refractivity contribution in [3.05, 3.63) is 88.5 Å². The number of nitrogens with one attached hydrogen (secondary N) is 3. The van der Waals surface area contributed by atoms with Crippen LogP contribution in [0.15, 0.2) is 71.7 Å². The van der Waals surface area contributed by atoms with E-state index >= 15 is 0 Å². The molecule has 2 aliphatic rings. The highest BCUT2D eigenvalue weighted by Crippen LogP contribution is 2.19. The molecular formula is C32H41N7O4. The monoisotopic (exact) mass is 587 g/mol. The number of carbonyl (C=O) groups excluding carboxylic acids is 2. The van der Waals surface area contributed by atoms with Gasteiger partial charge in [0.15, 0.2) is 0 Å². The van der Waals surface area contributed by atoms with E-state index in [1.807, 2.05) is 75.4 Å². The predicted octanol–water partition coefficient (Wildman–Crippen LogP) is 3.90. The molecule has 0 spiro atoms. The summed E-state index contributed by atoms with van der Waals surface area (Å²) >= 11 is 0.